The molecule has 1 aromatic rings. The normalized spacial score (nSPS) is 23.4. The predicted molar refractivity (Wildman–Crippen MR) is 71.2 cm³/mol. The monoisotopic (exact) mass is 269 g/mol. The number of hydrogen-bond donors (Lipinski definition) is 1. The maximum absolute atomic E-state index is 13.9. The zero-order valence-electron chi connectivity index (χ0n) is 11.3. The van der Waals surface area contributed by atoms with E-state index in [1.54, 1.807) is 0 Å². The standard InChI is InChI=1S/C15H21F2NO/c1-10-2-4-12(5-3-10)19-15-13(16)8-11(6-7-18)9-14(15)17/h8-10,12H,2-7,18H2,1H3. The first-order chi connectivity index (χ1) is 9.10. The van der Waals surface area contributed by atoms with Gasteiger partial charge in [-0.05, 0) is 62.3 Å². The molecule has 19 heavy (non-hydrogen) atoms. The maximum Gasteiger partial charge on any atom is 0.191 e. The third kappa shape index (κ3) is 3.66. The second-order valence-corrected chi connectivity index (χ2v) is 5.43. The lowest BCUT2D eigenvalue weighted by Gasteiger charge is -2.27. The van der Waals surface area contributed by atoms with Gasteiger partial charge in [0.05, 0.1) is 6.10 Å². The maximum atomic E-state index is 13.9. The average molecular weight is 269 g/mol. The molecule has 4 heteroatoms. The van der Waals surface area contributed by atoms with Crippen molar-refractivity contribution in [1.29, 1.82) is 0 Å². The van der Waals surface area contributed by atoms with E-state index in [4.69, 9.17) is 10.5 Å². The highest BCUT2D eigenvalue weighted by atomic mass is 19.1. The molecule has 0 saturated heterocycles. The van der Waals surface area contributed by atoms with Crippen molar-refractivity contribution in [1.82, 2.24) is 0 Å². The number of hydrogen-bond acceptors (Lipinski definition) is 2. The second kappa shape index (κ2) is 6.33. The van der Waals surface area contributed by atoms with Crippen LogP contribution < -0.4 is 10.5 Å². The molecule has 2 nitrogen and oxygen atoms in total. The van der Waals surface area contributed by atoms with Gasteiger partial charge in [0, 0.05) is 0 Å². The van der Waals surface area contributed by atoms with E-state index in [1.165, 1.54) is 12.1 Å². The van der Waals surface area contributed by atoms with Crippen LogP contribution in [0.3, 0.4) is 0 Å². The SMILES string of the molecule is CC1CCC(Oc2c(F)cc(CCN)cc2F)CC1. The van der Waals surface area contributed by atoms with Crippen LogP contribution in [0.5, 0.6) is 5.75 Å². The summed E-state index contributed by atoms with van der Waals surface area (Å²) in [4.78, 5) is 0. The molecule has 1 aliphatic rings. The fraction of sp³-hybridized carbons (Fsp3) is 0.600. The molecule has 1 fully saturated rings. The van der Waals surface area contributed by atoms with Crippen LogP contribution >= 0.6 is 0 Å². The van der Waals surface area contributed by atoms with Crippen molar-refractivity contribution in [2.24, 2.45) is 11.7 Å². The van der Waals surface area contributed by atoms with Crippen LogP contribution in [0.1, 0.15) is 38.2 Å². The van der Waals surface area contributed by atoms with E-state index in [0.29, 0.717) is 24.4 Å². The van der Waals surface area contributed by atoms with Crippen LogP contribution in [-0.2, 0) is 6.42 Å². The van der Waals surface area contributed by atoms with E-state index in [-0.39, 0.29) is 11.9 Å². The minimum absolute atomic E-state index is 0.0689. The smallest absolute Gasteiger partial charge is 0.191 e. The van der Waals surface area contributed by atoms with Crippen molar-refractivity contribution in [3.63, 3.8) is 0 Å². The Balaban J connectivity index is 2.07. The van der Waals surface area contributed by atoms with Gasteiger partial charge in [0.15, 0.2) is 17.4 Å². The van der Waals surface area contributed by atoms with E-state index in [1.807, 2.05) is 0 Å². The fourth-order valence-electron chi connectivity index (χ4n) is 2.55. The van der Waals surface area contributed by atoms with Crippen LogP contribution in [0.15, 0.2) is 12.1 Å². The first-order valence-corrected chi connectivity index (χ1v) is 6.94. The largest absolute Gasteiger partial charge is 0.484 e. The number of benzene rings is 1. The molecule has 1 aromatic carbocycles. The Hall–Kier alpha value is -1.16. The summed E-state index contributed by atoms with van der Waals surface area (Å²) in [5, 5.41) is 0. The Kier molecular flexibility index (Phi) is 4.75. The van der Waals surface area contributed by atoms with Crippen LogP contribution in [0.4, 0.5) is 8.78 Å². The molecule has 106 valence electrons. The lowest BCUT2D eigenvalue weighted by molar-refractivity contribution is 0.124. The lowest BCUT2D eigenvalue weighted by Crippen LogP contribution is -2.24. The van der Waals surface area contributed by atoms with Gasteiger partial charge in [-0.15, -0.1) is 0 Å². The molecule has 2 rings (SSSR count). The molecule has 1 aliphatic carbocycles. The van der Waals surface area contributed by atoms with Crippen LogP contribution in [0.2, 0.25) is 0 Å². The van der Waals surface area contributed by atoms with E-state index >= 15 is 0 Å². The zero-order chi connectivity index (χ0) is 13.8. The van der Waals surface area contributed by atoms with Crippen molar-refractivity contribution < 1.29 is 13.5 Å². The molecule has 0 atom stereocenters. The van der Waals surface area contributed by atoms with Crippen LogP contribution in [0, 0.1) is 17.6 Å². The van der Waals surface area contributed by atoms with Gasteiger partial charge >= 0.3 is 0 Å². The van der Waals surface area contributed by atoms with Crippen LogP contribution in [0.25, 0.3) is 0 Å². The summed E-state index contributed by atoms with van der Waals surface area (Å²) in [6.07, 6.45) is 4.24. The lowest BCUT2D eigenvalue weighted by atomic mass is 9.89. The highest BCUT2D eigenvalue weighted by Gasteiger charge is 2.22. The van der Waals surface area contributed by atoms with Gasteiger partial charge in [-0.3, -0.25) is 0 Å². The second-order valence-electron chi connectivity index (χ2n) is 5.43. The number of nitrogens with two attached hydrogens (primary N) is 1. The molecule has 0 aliphatic heterocycles. The Morgan fingerprint density at radius 1 is 1.16 bits per heavy atom. The van der Waals surface area contributed by atoms with Gasteiger partial charge < -0.3 is 10.5 Å². The van der Waals surface area contributed by atoms with Crippen molar-refractivity contribution in [3.05, 3.63) is 29.3 Å². The van der Waals surface area contributed by atoms with Gasteiger partial charge in [0.2, 0.25) is 0 Å². The average Bonchev–Trinajstić information content (AvgIpc) is 2.36. The van der Waals surface area contributed by atoms with E-state index < -0.39 is 11.6 Å². The van der Waals surface area contributed by atoms with Crippen molar-refractivity contribution in [3.8, 4) is 5.75 Å². The summed E-state index contributed by atoms with van der Waals surface area (Å²) in [5.74, 6) is -0.800. The van der Waals surface area contributed by atoms with Gasteiger partial charge in [-0.2, -0.15) is 0 Å². The summed E-state index contributed by atoms with van der Waals surface area (Å²) in [6.45, 7) is 2.57. The molecule has 2 N–H and O–H groups in total. The molecule has 0 spiro atoms. The Morgan fingerprint density at radius 3 is 2.26 bits per heavy atom. The number of ether oxygens (including phenoxy) is 1. The van der Waals surface area contributed by atoms with E-state index in [2.05, 4.69) is 6.92 Å². The number of halogens is 2. The quantitative estimate of drug-likeness (QED) is 0.909. The van der Waals surface area contributed by atoms with Crippen molar-refractivity contribution in [2.75, 3.05) is 6.54 Å². The molecule has 1 saturated carbocycles. The molecular formula is C15H21F2NO. The molecule has 0 bridgehead atoms. The predicted octanol–water partition coefficient (Wildman–Crippen LogP) is 3.42. The van der Waals surface area contributed by atoms with Gasteiger partial charge in [0.1, 0.15) is 0 Å². The van der Waals surface area contributed by atoms with Gasteiger partial charge in [-0.1, -0.05) is 6.92 Å². The Morgan fingerprint density at radius 2 is 1.74 bits per heavy atom. The molecule has 0 unspecified atom stereocenters. The summed E-state index contributed by atoms with van der Waals surface area (Å²) in [7, 11) is 0. The molecule has 0 aromatic heterocycles. The Bertz CT molecular complexity index is 405. The Labute approximate surface area is 112 Å². The summed E-state index contributed by atoms with van der Waals surface area (Å²) < 4.78 is 33.2. The molecule has 0 amide bonds. The first kappa shape index (κ1) is 14.3. The van der Waals surface area contributed by atoms with Crippen molar-refractivity contribution in [2.45, 2.75) is 45.1 Å². The highest BCUT2D eigenvalue weighted by Crippen LogP contribution is 2.30. The molecular weight excluding hydrogens is 248 g/mol. The van der Waals surface area contributed by atoms with Gasteiger partial charge in [-0.25, -0.2) is 8.78 Å². The third-order valence-electron chi connectivity index (χ3n) is 3.74. The van der Waals surface area contributed by atoms with E-state index in [0.717, 1.165) is 25.7 Å². The van der Waals surface area contributed by atoms with Crippen LogP contribution in [-0.4, -0.2) is 12.6 Å². The zero-order valence-corrected chi connectivity index (χ0v) is 11.3. The summed E-state index contributed by atoms with van der Waals surface area (Å²) in [6, 6.07) is 2.63. The minimum atomic E-state index is -0.623. The van der Waals surface area contributed by atoms with Gasteiger partial charge in [0.25, 0.3) is 0 Å². The molecule has 0 radical (unpaired) electrons. The minimum Gasteiger partial charge on any atom is -0.484 e. The number of rotatable bonds is 4. The summed E-state index contributed by atoms with van der Waals surface area (Å²) >= 11 is 0. The first-order valence-electron chi connectivity index (χ1n) is 6.94. The molecule has 0 heterocycles. The third-order valence-corrected chi connectivity index (χ3v) is 3.74. The summed E-state index contributed by atoms with van der Waals surface area (Å²) in [5.41, 5.74) is 5.96. The topological polar surface area (TPSA) is 35.2 Å². The van der Waals surface area contributed by atoms with Crippen molar-refractivity contribution >= 4 is 0 Å². The fourth-order valence-corrected chi connectivity index (χ4v) is 2.55. The highest BCUT2D eigenvalue weighted by molar-refractivity contribution is 5.31. The van der Waals surface area contributed by atoms with E-state index in [9.17, 15) is 8.78 Å².